The van der Waals surface area contributed by atoms with Crippen LogP contribution in [0.5, 0.6) is 0 Å². The molecule has 5 heteroatoms. The first-order valence-corrected chi connectivity index (χ1v) is 9.98. The zero-order valence-corrected chi connectivity index (χ0v) is 16.4. The molecular weight excluding hydrogens is 342 g/mol. The lowest BCUT2D eigenvalue weighted by Crippen LogP contribution is -2.44. The molecule has 1 heterocycles. The fraction of sp³-hybridized carbons (Fsp3) is 0.545. The first-order valence-electron chi connectivity index (χ1n) is 9.98. The van der Waals surface area contributed by atoms with E-state index >= 15 is 0 Å². The van der Waals surface area contributed by atoms with Gasteiger partial charge in [-0.3, -0.25) is 9.59 Å². The van der Waals surface area contributed by atoms with Crippen LogP contribution in [0.3, 0.4) is 0 Å². The number of H-pyrrole nitrogens is 1. The average molecular weight is 371 g/mol. The summed E-state index contributed by atoms with van der Waals surface area (Å²) in [6, 6.07) is 6.60. The molecule has 0 saturated carbocycles. The number of carboxylic acid groups (broad SMARTS) is 1. The Morgan fingerprint density at radius 3 is 2.63 bits per heavy atom. The van der Waals surface area contributed by atoms with Gasteiger partial charge >= 0.3 is 11.9 Å². The van der Waals surface area contributed by atoms with Crippen LogP contribution in [0.15, 0.2) is 18.2 Å². The first kappa shape index (κ1) is 19.5. The molecule has 5 nitrogen and oxygen atoms in total. The predicted molar refractivity (Wildman–Crippen MR) is 105 cm³/mol. The monoisotopic (exact) mass is 371 g/mol. The van der Waals surface area contributed by atoms with Gasteiger partial charge in [0.1, 0.15) is 12.0 Å². The molecule has 1 unspecified atom stereocenters. The Morgan fingerprint density at radius 1 is 1.26 bits per heavy atom. The number of aryl methyl sites for hydroxylation is 2. The number of carboxylic acids is 1. The van der Waals surface area contributed by atoms with E-state index in [2.05, 4.69) is 30.1 Å². The van der Waals surface area contributed by atoms with E-state index in [0.29, 0.717) is 12.8 Å². The molecule has 0 spiro atoms. The molecule has 0 fully saturated rings. The molecule has 1 atom stereocenters. The molecule has 0 saturated heterocycles. The van der Waals surface area contributed by atoms with Gasteiger partial charge in [-0.25, -0.2) is 0 Å². The third-order valence-corrected chi connectivity index (χ3v) is 6.21. The second kappa shape index (κ2) is 7.75. The van der Waals surface area contributed by atoms with Gasteiger partial charge in [0, 0.05) is 22.5 Å². The Kier molecular flexibility index (Phi) is 5.59. The van der Waals surface area contributed by atoms with Gasteiger partial charge in [0.05, 0.1) is 0 Å². The standard InChI is InChI=1S/C22H29NO4/c1-4-14-7-10-18-17(11-14)16-9-8-15(12-19(16)23-18)22(5-2,6-3)27-21(26)13-20(24)25/h7,10-11,15,23H,4-6,8-9,12-13H2,1-3H3,(H,24,25). The molecule has 0 radical (unpaired) electrons. The fourth-order valence-corrected chi connectivity index (χ4v) is 4.59. The number of rotatable bonds is 7. The minimum absolute atomic E-state index is 0.191. The van der Waals surface area contributed by atoms with E-state index in [9.17, 15) is 9.59 Å². The summed E-state index contributed by atoms with van der Waals surface area (Å²) in [6.45, 7) is 6.20. The van der Waals surface area contributed by atoms with Crippen molar-refractivity contribution in [2.75, 3.05) is 0 Å². The van der Waals surface area contributed by atoms with Crippen molar-refractivity contribution in [3.63, 3.8) is 0 Å². The van der Waals surface area contributed by atoms with Crippen LogP contribution in [0.4, 0.5) is 0 Å². The molecule has 1 aliphatic carbocycles. The maximum atomic E-state index is 12.1. The minimum atomic E-state index is -1.14. The van der Waals surface area contributed by atoms with Crippen molar-refractivity contribution in [3.05, 3.63) is 35.0 Å². The molecule has 27 heavy (non-hydrogen) atoms. The van der Waals surface area contributed by atoms with Gasteiger partial charge in [-0.1, -0.05) is 26.8 Å². The van der Waals surface area contributed by atoms with Crippen LogP contribution in [0.25, 0.3) is 10.9 Å². The number of hydrogen-bond acceptors (Lipinski definition) is 3. The summed E-state index contributed by atoms with van der Waals surface area (Å²) in [5, 5.41) is 10.2. The van der Waals surface area contributed by atoms with Crippen molar-refractivity contribution in [2.45, 2.75) is 71.3 Å². The molecule has 2 N–H and O–H groups in total. The highest BCUT2D eigenvalue weighted by molar-refractivity contribution is 5.90. The molecule has 1 aliphatic rings. The topological polar surface area (TPSA) is 79.4 Å². The van der Waals surface area contributed by atoms with Crippen molar-refractivity contribution in [1.82, 2.24) is 4.98 Å². The number of benzene rings is 1. The highest BCUT2D eigenvalue weighted by Gasteiger charge is 2.41. The highest BCUT2D eigenvalue weighted by Crippen LogP contribution is 2.41. The van der Waals surface area contributed by atoms with Crippen LogP contribution >= 0.6 is 0 Å². The van der Waals surface area contributed by atoms with Crippen LogP contribution in [0.1, 0.15) is 63.3 Å². The number of aromatic nitrogens is 1. The lowest BCUT2D eigenvalue weighted by Gasteiger charge is -2.41. The predicted octanol–water partition coefficient (Wildman–Crippen LogP) is 4.41. The number of carbonyl (C=O) groups is 2. The van der Waals surface area contributed by atoms with Crippen LogP contribution in [0.2, 0.25) is 0 Å². The minimum Gasteiger partial charge on any atom is -0.481 e. The van der Waals surface area contributed by atoms with Crippen molar-refractivity contribution >= 4 is 22.8 Å². The molecule has 146 valence electrons. The quantitative estimate of drug-likeness (QED) is 0.558. The van der Waals surface area contributed by atoms with Gasteiger partial charge in [0.25, 0.3) is 0 Å². The van der Waals surface area contributed by atoms with Crippen LogP contribution in [-0.2, 0) is 33.6 Å². The Labute approximate surface area is 160 Å². The van der Waals surface area contributed by atoms with E-state index in [4.69, 9.17) is 9.84 Å². The van der Waals surface area contributed by atoms with Crippen molar-refractivity contribution in [1.29, 1.82) is 0 Å². The van der Waals surface area contributed by atoms with Crippen molar-refractivity contribution < 1.29 is 19.4 Å². The SMILES string of the molecule is CCc1ccc2[nH]c3c(c2c1)CCC(C(CC)(CC)OC(=O)CC(=O)O)C3. The third kappa shape index (κ3) is 3.73. The summed E-state index contributed by atoms with van der Waals surface area (Å²) in [5.41, 5.74) is 4.52. The van der Waals surface area contributed by atoms with Crippen LogP contribution in [-0.4, -0.2) is 27.6 Å². The summed E-state index contributed by atoms with van der Waals surface area (Å²) >= 11 is 0. The Hall–Kier alpha value is -2.30. The first-order chi connectivity index (χ1) is 12.9. The van der Waals surface area contributed by atoms with Crippen LogP contribution in [0, 0.1) is 5.92 Å². The summed E-state index contributed by atoms with van der Waals surface area (Å²) in [6.07, 6.45) is 4.54. The molecule has 2 aromatic rings. The fourth-order valence-electron chi connectivity index (χ4n) is 4.59. The van der Waals surface area contributed by atoms with Crippen molar-refractivity contribution in [3.8, 4) is 0 Å². The molecular formula is C22H29NO4. The lowest BCUT2D eigenvalue weighted by molar-refractivity contribution is -0.171. The van der Waals surface area contributed by atoms with Crippen LogP contribution < -0.4 is 0 Å². The zero-order chi connectivity index (χ0) is 19.6. The second-order valence-electron chi connectivity index (χ2n) is 7.57. The molecule has 0 bridgehead atoms. The third-order valence-electron chi connectivity index (χ3n) is 6.21. The smallest absolute Gasteiger partial charge is 0.317 e. The second-order valence-corrected chi connectivity index (χ2v) is 7.57. The maximum Gasteiger partial charge on any atom is 0.317 e. The number of fused-ring (bicyclic) bond motifs is 3. The number of ether oxygens (including phenoxy) is 1. The number of esters is 1. The van der Waals surface area contributed by atoms with Gasteiger partial charge < -0.3 is 14.8 Å². The molecule has 0 aliphatic heterocycles. The number of hydrogen-bond donors (Lipinski definition) is 2. The lowest BCUT2D eigenvalue weighted by atomic mass is 9.73. The van der Waals surface area contributed by atoms with Gasteiger partial charge in [-0.15, -0.1) is 0 Å². The molecule has 1 aromatic carbocycles. The number of aliphatic carboxylic acids is 1. The Morgan fingerprint density at radius 2 is 2.00 bits per heavy atom. The molecule has 3 rings (SSSR count). The normalized spacial score (nSPS) is 16.9. The summed E-state index contributed by atoms with van der Waals surface area (Å²) in [7, 11) is 0. The van der Waals surface area contributed by atoms with Gasteiger partial charge in [-0.05, 0) is 61.8 Å². The summed E-state index contributed by atoms with van der Waals surface area (Å²) in [4.78, 5) is 26.5. The number of aromatic amines is 1. The Bertz CT molecular complexity index is 847. The van der Waals surface area contributed by atoms with E-state index in [1.807, 2.05) is 13.8 Å². The zero-order valence-electron chi connectivity index (χ0n) is 16.4. The van der Waals surface area contributed by atoms with Gasteiger partial charge in [-0.2, -0.15) is 0 Å². The summed E-state index contributed by atoms with van der Waals surface area (Å²) < 4.78 is 5.78. The Balaban J connectivity index is 1.88. The van der Waals surface area contributed by atoms with E-state index in [-0.39, 0.29) is 5.92 Å². The average Bonchev–Trinajstić information content (AvgIpc) is 3.02. The highest BCUT2D eigenvalue weighted by atomic mass is 16.6. The molecule has 0 amide bonds. The molecule has 1 aromatic heterocycles. The number of nitrogens with one attached hydrogen (secondary N) is 1. The maximum absolute atomic E-state index is 12.1. The van der Waals surface area contributed by atoms with E-state index < -0.39 is 24.0 Å². The van der Waals surface area contributed by atoms with Crippen molar-refractivity contribution in [2.24, 2.45) is 5.92 Å². The summed E-state index contributed by atoms with van der Waals surface area (Å²) in [5.74, 6) is -1.59. The number of carbonyl (C=O) groups excluding carboxylic acids is 1. The van der Waals surface area contributed by atoms with E-state index in [1.165, 1.54) is 27.7 Å². The van der Waals surface area contributed by atoms with Gasteiger partial charge in [0.2, 0.25) is 0 Å². The van der Waals surface area contributed by atoms with Gasteiger partial charge in [0.15, 0.2) is 0 Å². The van der Waals surface area contributed by atoms with E-state index in [0.717, 1.165) is 25.7 Å². The van der Waals surface area contributed by atoms with E-state index in [1.54, 1.807) is 0 Å². The largest absolute Gasteiger partial charge is 0.481 e.